The molecule has 1 heterocycles. The maximum atomic E-state index is 14.1. The second-order valence-electron chi connectivity index (χ2n) is 4.89. The van der Waals surface area contributed by atoms with Gasteiger partial charge in [-0.3, -0.25) is 4.90 Å². The van der Waals surface area contributed by atoms with Gasteiger partial charge in [0.1, 0.15) is 5.75 Å². The largest absolute Gasteiger partial charge is 0.495 e. The Kier molecular flexibility index (Phi) is 4.28. The van der Waals surface area contributed by atoms with Gasteiger partial charge in [0.15, 0.2) is 11.6 Å². The van der Waals surface area contributed by atoms with Crippen LogP contribution in [0.25, 0.3) is 0 Å². The summed E-state index contributed by atoms with van der Waals surface area (Å²) in [5.41, 5.74) is 5.84. The van der Waals surface area contributed by atoms with Crippen LogP contribution in [0.4, 0.5) is 8.78 Å². The third kappa shape index (κ3) is 2.55. The van der Waals surface area contributed by atoms with Crippen molar-refractivity contribution in [2.45, 2.75) is 12.5 Å². The Balaban J connectivity index is 2.49. The summed E-state index contributed by atoms with van der Waals surface area (Å²) in [6.45, 7) is 1.27. The fourth-order valence-electron chi connectivity index (χ4n) is 2.72. The molecule has 6 heteroatoms. The molecule has 0 radical (unpaired) electrons. The monoisotopic (exact) mass is 290 g/mol. The van der Waals surface area contributed by atoms with Crippen molar-refractivity contribution in [2.75, 3.05) is 27.2 Å². The molecule has 106 valence electrons. The van der Waals surface area contributed by atoms with Crippen molar-refractivity contribution in [3.63, 3.8) is 0 Å². The van der Waals surface area contributed by atoms with E-state index in [9.17, 15) is 8.78 Å². The number of likely N-dealkylation sites (tertiary alicyclic amines) is 1. The molecular formula is C13H17ClF2N2O. The Morgan fingerprint density at radius 3 is 2.74 bits per heavy atom. The van der Waals surface area contributed by atoms with Crippen LogP contribution in [0.1, 0.15) is 18.0 Å². The van der Waals surface area contributed by atoms with Gasteiger partial charge in [-0.15, -0.1) is 0 Å². The van der Waals surface area contributed by atoms with Crippen molar-refractivity contribution < 1.29 is 13.5 Å². The summed E-state index contributed by atoms with van der Waals surface area (Å²) in [5, 5.41) is 0.0843. The van der Waals surface area contributed by atoms with Crippen molar-refractivity contribution in [3.8, 4) is 5.75 Å². The van der Waals surface area contributed by atoms with Gasteiger partial charge in [-0.05, 0) is 32.0 Å². The van der Waals surface area contributed by atoms with Crippen molar-refractivity contribution in [1.29, 1.82) is 0 Å². The second kappa shape index (κ2) is 5.61. The van der Waals surface area contributed by atoms with Crippen LogP contribution in [0.2, 0.25) is 5.02 Å². The third-order valence-corrected chi connectivity index (χ3v) is 3.95. The van der Waals surface area contributed by atoms with Gasteiger partial charge in [-0.25, -0.2) is 8.78 Å². The smallest absolute Gasteiger partial charge is 0.167 e. The summed E-state index contributed by atoms with van der Waals surface area (Å²) in [6, 6.07) is 0.672. The number of nitrogens with zero attached hydrogens (tertiary/aromatic N) is 1. The minimum Gasteiger partial charge on any atom is -0.495 e. The standard InChI is InChI=1S/C13H17ClF2N2O/c1-18-6-7(5-17)3-10(18)11-12(16)9(15)4-8(14)13(11)19-2/h4,7,10H,3,5-6,17H2,1-2H3. The number of ether oxygens (including phenoxy) is 1. The lowest BCUT2D eigenvalue weighted by Crippen LogP contribution is -2.21. The van der Waals surface area contributed by atoms with Gasteiger partial charge < -0.3 is 10.5 Å². The first-order valence-corrected chi connectivity index (χ1v) is 6.49. The number of benzene rings is 1. The summed E-state index contributed by atoms with van der Waals surface area (Å²) in [7, 11) is 3.26. The van der Waals surface area contributed by atoms with Gasteiger partial charge in [0.05, 0.1) is 17.7 Å². The average molecular weight is 291 g/mol. The number of halogens is 3. The molecule has 1 aromatic carbocycles. The molecule has 1 aliphatic heterocycles. The lowest BCUT2D eigenvalue weighted by molar-refractivity contribution is 0.291. The summed E-state index contributed by atoms with van der Waals surface area (Å²) < 4.78 is 32.8. The van der Waals surface area contributed by atoms with Crippen molar-refractivity contribution in [3.05, 3.63) is 28.3 Å². The van der Waals surface area contributed by atoms with E-state index in [0.717, 1.165) is 12.6 Å². The zero-order chi connectivity index (χ0) is 14.2. The predicted molar refractivity (Wildman–Crippen MR) is 70.5 cm³/mol. The quantitative estimate of drug-likeness (QED) is 0.870. The number of hydrogen-bond donors (Lipinski definition) is 1. The third-order valence-electron chi connectivity index (χ3n) is 3.67. The predicted octanol–water partition coefficient (Wildman–Crippen LogP) is 2.58. The first-order valence-electron chi connectivity index (χ1n) is 6.11. The van der Waals surface area contributed by atoms with E-state index in [4.69, 9.17) is 22.1 Å². The van der Waals surface area contributed by atoms with Gasteiger partial charge in [0.25, 0.3) is 0 Å². The maximum absolute atomic E-state index is 14.1. The van der Waals surface area contributed by atoms with Crippen LogP contribution in [0.5, 0.6) is 5.75 Å². The second-order valence-corrected chi connectivity index (χ2v) is 5.30. The van der Waals surface area contributed by atoms with Crippen LogP contribution in [0.15, 0.2) is 6.07 Å². The molecule has 0 spiro atoms. The zero-order valence-corrected chi connectivity index (χ0v) is 11.7. The van der Waals surface area contributed by atoms with E-state index in [1.54, 1.807) is 0 Å². The fraction of sp³-hybridized carbons (Fsp3) is 0.538. The van der Waals surface area contributed by atoms with E-state index in [-0.39, 0.29) is 28.3 Å². The summed E-state index contributed by atoms with van der Waals surface area (Å²) in [5.74, 6) is -1.38. The highest BCUT2D eigenvalue weighted by Crippen LogP contribution is 2.43. The van der Waals surface area contributed by atoms with Crippen molar-refractivity contribution in [2.24, 2.45) is 11.7 Å². The SMILES string of the molecule is COc1c(Cl)cc(F)c(F)c1C1CC(CN)CN1C. The Bertz CT molecular complexity index is 484. The first kappa shape index (κ1) is 14.5. The molecule has 19 heavy (non-hydrogen) atoms. The average Bonchev–Trinajstić information content (AvgIpc) is 2.74. The number of methoxy groups -OCH3 is 1. The number of nitrogens with two attached hydrogens (primary N) is 1. The molecule has 3 nitrogen and oxygen atoms in total. The normalized spacial score (nSPS) is 23.9. The molecule has 2 unspecified atom stereocenters. The molecule has 1 saturated heterocycles. The lowest BCUT2D eigenvalue weighted by atomic mass is 9.98. The van der Waals surface area contributed by atoms with Crippen LogP contribution in [-0.4, -0.2) is 32.1 Å². The summed E-state index contributed by atoms with van der Waals surface area (Å²) in [4.78, 5) is 1.95. The van der Waals surface area contributed by atoms with E-state index >= 15 is 0 Å². The Morgan fingerprint density at radius 1 is 1.53 bits per heavy atom. The van der Waals surface area contributed by atoms with Crippen LogP contribution in [0, 0.1) is 17.6 Å². The molecule has 0 bridgehead atoms. The topological polar surface area (TPSA) is 38.5 Å². The molecule has 0 saturated carbocycles. The van der Waals surface area contributed by atoms with Gasteiger partial charge in [0, 0.05) is 12.6 Å². The molecule has 0 amide bonds. The van der Waals surface area contributed by atoms with Crippen LogP contribution in [-0.2, 0) is 0 Å². The van der Waals surface area contributed by atoms with E-state index in [1.807, 2.05) is 11.9 Å². The molecule has 1 aliphatic rings. The minimum atomic E-state index is -0.953. The molecule has 1 aromatic rings. The summed E-state index contributed by atoms with van der Waals surface area (Å²) >= 11 is 5.93. The molecule has 2 rings (SSSR count). The lowest BCUT2D eigenvalue weighted by Gasteiger charge is -2.23. The van der Waals surface area contributed by atoms with Crippen LogP contribution < -0.4 is 10.5 Å². The van der Waals surface area contributed by atoms with E-state index in [2.05, 4.69) is 0 Å². The zero-order valence-electron chi connectivity index (χ0n) is 10.9. The fourth-order valence-corrected chi connectivity index (χ4v) is 2.99. The van der Waals surface area contributed by atoms with E-state index in [1.165, 1.54) is 7.11 Å². The first-order chi connectivity index (χ1) is 8.99. The summed E-state index contributed by atoms with van der Waals surface area (Å²) in [6.07, 6.45) is 0.667. The molecule has 2 N–H and O–H groups in total. The van der Waals surface area contributed by atoms with Crippen molar-refractivity contribution >= 4 is 11.6 Å². The number of rotatable bonds is 3. The molecule has 2 atom stereocenters. The molecular weight excluding hydrogens is 274 g/mol. The highest BCUT2D eigenvalue weighted by atomic mass is 35.5. The van der Waals surface area contributed by atoms with Gasteiger partial charge in [-0.2, -0.15) is 0 Å². The van der Waals surface area contributed by atoms with Gasteiger partial charge in [0.2, 0.25) is 0 Å². The maximum Gasteiger partial charge on any atom is 0.167 e. The Morgan fingerprint density at radius 2 is 2.21 bits per heavy atom. The van der Waals surface area contributed by atoms with E-state index < -0.39 is 11.6 Å². The van der Waals surface area contributed by atoms with Crippen molar-refractivity contribution in [1.82, 2.24) is 4.90 Å². The van der Waals surface area contributed by atoms with Gasteiger partial charge in [-0.1, -0.05) is 11.6 Å². The van der Waals surface area contributed by atoms with Crippen LogP contribution >= 0.6 is 11.6 Å². The Hall–Kier alpha value is -0.910. The minimum absolute atomic E-state index is 0.0843. The molecule has 0 aromatic heterocycles. The van der Waals surface area contributed by atoms with Crippen LogP contribution in [0.3, 0.4) is 0 Å². The van der Waals surface area contributed by atoms with E-state index in [0.29, 0.717) is 13.0 Å². The van der Waals surface area contributed by atoms with Gasteiger partial charge >= 0.3 is 0 Å². The highest BCUT2D eigenvalue weighted by Gasteiger charge is 2.35. The highest BCUT2D eigenvalue weighted by molar-refractivity contribution is 6.32. The molecule has 0 aliphatic carbocycles. The number of hydrogen-bond acceptors (Lipinski definition) is 3. The molecule has 1 fully saturated rings. The Labute approximate surface area is 116 Å².